The Morgan fingerprint density at radius 1 is 1.04 bits per heavy atom. The van der Waals surface area contributed by atoms with Crippen LogP contribution in [0, 0.1) is 0 Å². The Labute approximate surface area is 170 Å². The third-order valence-electron chi connectivity index (χ3n) is 4.29. The molecule has 0 spiro atoms. The molecule has 0 atom stereocenters. The molecule has 144 valence electrons. The number of aromatic nitrogens is 2. The molecule has 6 heteroatoms. The highest BCUT2D eigenvalue weighted by Crippen LogP contribution is 2.23. The first-order chi connectivity index (χ1) is 13.3. The average molecular weight is 395 g/mol. The molecule has 0 aliphatic carbocycles. The molecule has 0 saturated carbocycles. The molecular formula is C22H23ClN4O. The average Bonchev–Trinajstić information content (AvgIpc) is 2.67. The van der Waals surface area contributed by atoms with E-state index >= 15 is 0 Å². The number of amides is 1. The van der Waals surface area contributed by atoms with Crippen molar-refractivity contribution in [3.05, 3.63) is 82.6 Å². The quantitative estimate of drug-likeness (QED) is 0.616. The molecule has 2 aromatic carbocycles. The lowest BCUT2D eigenvalue weighted by Crippen LogP contribution is -2.16. The number of hydrogen-bond acceptors (Lipinski definition) is 4. The molecule has 5 nitrogen and oxygen atoms in total. The molecule has 0 saturated heterocycles. The molecule has 0 aliphatic heterocycles. The number of carbonyl (C=O) groups excluding carboxylic acids is 1. The van der Waals surface area contributed by atoms with Gasteiger partial charge in [0.25, 0.3) is 5.91 Å². The van der Waals surface area contributed by atoms with Gasteiger partial charge in [-0.15, -0.1) is 0 Å². The molecule has 3 aromatic rings. The van der Waals surface area contributed by atoms with E-state index in [0.29, 0.717) is 17.5 Å². The van der Waals surface area contributed by atoms with Crippen LogP contribution in [0.25, 0.3) is 0 Å². The van der Waals surface area contributed by atoms with Crippen molar-refractivity contribution in [2.45, 2.75) is 32.7 Å². The number of rotatable bonds is 5. The molecular weight excluding hydrogens is 372 g/mol. The Morgan fingerprint density at radius 3 is 2.43 bits per heavy atom. The van der Waals surface area contributed by atoms with Crippen molar-refractivity contribution in [2.75, 3.05) is 10.6 Å². The summed E-state index contributed by atoms with van der Waals surface area (Å²) in [5.41, 5.74) is 3.22. The predicted molar refractivity (Wildman–Crippen MR) is 114 cm³/mol. The van der Waals surface area contributed by atoms with E-state index in [9.17, 15) is 4.79 Å². The summed E-state index contributed by atoms with van der Waals surface area (Å²) in [6.07, 6.45) is 1.56. The smallest absolute Gasteiger partial charge is 0.274 e. The predicted octanol–water partition coefficient (Wildman–Crippen LogP) is 5.29. The van der Waals surface area contributed by atoms with E-state index < -0.39 is 0 Å². The second-order valence-electron chi connectivity index (χ2n) is 7.49. The lowest BCUT2D eigenvalue weighted by atomic mass is 9.87. The van der Waals surface area contributed by atoms with Gasteiger partial charge in [-0.05, 0) is 40.8 Å². The van der Waals surface area contributed by atoms with Crippen LogP contribution >= 0.6 is 11.6 Å². The third kappa shape index (κ3) is 5.08. The summed E-state index contributed by atoms with van der Waals surface area (Å²) in [6, 6.07) is 17.0. The minimum absolute atomic E-state index is 0.0669. The van der Waals surface area contributed by atoms with Gasteiger partial charge in [-0.25, -0.2) is 9.97 Å². The lowest BCUT2D eigenvalue weighted by Gasteiger charge is -2.19. The molecule has 28 heavy (non-hydrogen) atoms. The summed E-state index contributed by atoms with van der Waals surface area (Å²) in [4.78, 5) is 21.0. The highest BCUT2D eigenvalue weighted by Gasteiger charge is 2.14. The van der Waals surface area contributed by atoms with Crippen LogP contribution in [0.3, 0.4) is 0 Å². The van der Waals surface area contributed by atoms with Gasteiger partial charge in [0.1, 0.15) is 5.69 Å². The first-order valence-corrected chi connectivity index (χ1v) is 9.43. The zero-order valence-electron chi connectivity index (χ0n) is 16.2. The topological polar surface area (TPSA) is 66.9 Å². The van der Waals surface area contributed by atoms with Crippen LogP contribution in [0.2, 0.25) is 5.02 Å². The normalized spacial score (nSPS) is 11.1. The molecule has 0 radical (unpaired) electrons. The summed E-state index contributed by atoms with van der Waals surface area (Å²) in [5, 5.41) is 6.64. The van der Waals surface area contributed by atoms with Crippen LogP contribution in [0.5, 0.6) is 0 Å². The fourth-order valence-corrected chi connectivity index (χ4v) is 2.84. The van der Waals surface area contributed by atoms with E-state index in [1.54, 1.807) is 12.3 Å². The second-order valence-corrected chi connectivity index (χ2v) is 7.90. The fourth-order valence-electron chi connectivity index (χ4n) is 2.64. The second kappa shape index (κ2) is 8.40. The molecule has 0 fully saturated rings. The largest absolute Gasteiger partial charge is 0.350 e. The zero-order valence-corrected chi connectivity index (χ0v) is 16.9. The molecule has 1 heterocycles. The van der Waals surface area contributed by atoms with Crippen LogP contribution in [0.4, 0.5) is 11.6 Å². The van der Waals surface area contributed by atoms with Crippen molar-refractivity contribution in [1.82, 2.24) is 9.97 Å². The number of benzene rings is 2. The Bertz CT molecular complexity index is 965. The number of hydrogen-bond donors (Lipinski definition) is 2. The number of anilines is 2. The summed E-state index contributed by atoms with van der Waals surface area (Å²) in [5.74, 6) is 0.0855. The first kappa shape index (κ1) is 19.8. The minimum atomic E-state index is -0.285. The van der Waals surface area contributed by atoms with Crippen LogP contribution in [-0.2, 0) is 12.0 Å². The number of nitrogens with one attached hydrogen (secondary N) is 2. The first-order valence-electron chi connectivity index (χ1n) is 9.05. The summed E-state index contributed by atoms with van der Waals surface area (Å²) in [6.45, 7) is 6.93. The maximum atomic E-state index is 12.5. The molecule has 1 amide bonds. The Kier molecular flexibility index (Phi) is 5.95. The third-order valence-corrected chi connectivity index (χ3v) is 4.66. The van der Waals surface area contributed by atoms with Gasteiger partial charge in [0, 0.05) is 23.5 Å². The number of halogens is 1. The molecule has 0 unspecified atom stereocenters. The van der Waals surface area contributed by atoms with Crippen molar-refractivity contribution >= 4 is 29.1 Å². The van der Waals surface area contributed by atoms with E-state index in [2.05, 4.69) is 41.4 Å². The molecule has 0 aliphatic rings. The standard InChI is InChI=1S/C22H23ClN4O/c1-22(2,3)16-8-10-17(11-9-16)26-20(28)19-12-13-24-21(27-19)25-14-15-6-4-5-7-18(15)23/h4-13H,14H2,1-3H3,(H,26,28)(H,24,25,27). The van der Waals surface area contributed by atoms with Gasteiger partial charge in [-0.1, -0.05) is 62.7 Å². The monoisotopic (exact) mass is 394 g/mol. The fraction of sp³-hybridized carbons (Fsp3) is 0.227. The zero-order chi connectivity index (χ0) is 20.1. The summed E-state index contributed by atoms with van der Waals surface area (Å²) in [7, 11) is 0. The van der Waals surface area contributed by atoms with Gasteiger partial charge in [0.15, 0.2) is 0 Å². The van der Waals surface area contributed by atoms with E-state index in [-0.39, 0.29) is 17.0 Å². The summed E-state index contributed by atoms with van der Waals surface area (Å²) < 4.78 is 0. The highest BCUT2D eigenvalue weighted by molar-refractivity contribution is 6.31. The van der Waals surface area contributed by atoms with Crippen molar-refractivity contribution in [1.29, 1.82) is 0 Å². The van der Waals surface area contributed by atoms with Crippen LogP contribution in [0.15, 0.2) is 60.8 Å². The lowest BCUT2D eigenvalue weighted by molar-refractivity contribution is 0.102. The molecule has 3 rings (SSSR count). The van der Waals surface area contributed by atoms with Gasteiger partial charge in [0.05, 0.1) is 0 Å². The van der Waals surface area contributed by atoms with Gasteiger partial charge in [-0.3, -0.25) is 4.79 Å². The van der Waals surface area contributed by atoms with Gasteiger partial charge in [0.2, 0.25) is 5.95 Å². The van der Waals surface area contributed by atoms with E-state index in [1.165, 1.54) is 5.56 Å². The Hall–Kier alpha value is -2.92. The molecule has 2 N–H and O–H groups in total. The number of carbonyl (C=O) groups is 1. The minimum Gasteiger partial charge on any atom is -0.350 e. The molecule has 0 bridgehead atoms. The Morgan fingerprint density at radius 2 is 1.75 bits per heavy atom. The van der Waals surface area contributed by atoms with E-state index in [1.807, 2.05) is 48.5 Å². The summed E-state index contributed by atoms with van der Waals surface area (Å²) >= 11 is 6.16. The van der Waals surface area contributed by atoms with E-state index in [4.69, 9.17) is 11.6 Å². The van der Waals surface area contributed by atoms with Crippen molar-refractivity contribution in [3.63, 3.8) is 0 Å². The van der Waals surface area contributed by atoms with Gasteiger partial charge >= 0.3 is 0 Å². The van der Waals surface area contributed by atoms with Crippen molar-refractivity contribution in [2.24, 2.45) is 0 Å². The van der Waals surface area contributed by atoms with Crippen molar-refractivity contribution in [3.8, 4) is 0 Å². The van der Waals surface area contributed by atoms with Crippen molar-refractivity contribution < 1.29 is 4.79 Å². The van der Waals surface area contributed by atoms with Crippen LogP contribution in [0.1, 0.15) is 42.4 Å². The van der Waals surface area contributed by atoms with E-state index in [0.717, 1.165) is 11.3 Å². The van der Waals surface area contributed by atoms with Crippen LogP contribution in [-0.4, -0.2) is 15.9 Å². The van der Waals surface area contributed by atoms with Crippen LogP contribution < -0.4 is 10.6 Å². The SMILES string of the molecule is CC(C)(C)c1ccc(NC(=O)c2ccnc(NCc3ccccc3Cl)n2)cc1. The maximum Gasteiger partial charge on any atom is 0.274 e. The number of nitrogens with zero attached hydrogens (tertiary/aromatic N) is 2. The van der Waals surface area contributed by atoms with Gasteiger partial charge in [-0.2, -0.15) is 0 Å². The van der Waals surface area contributed by atoms with Gasteiger partial charge < -0.3 is 10.6 Å². The Balaban J connectivity index is 1.66. The maximum absolute atomic E-state index is 12.5. The molecule has 1 aromatic heterocycles. The highest BCUT2D eigenvalue weighted by atomic mass is 35.5.